The van der Waals surface area contributed by atoms with Gasteiger partial charge in [-0.2, -0.15) is 9.67 Å². The number of ether oxygens (including phenoxy) is 3. The van der Waals surface area contributed by atoms with E-state index in [1.54, 1.807) is 18.2 Å². The zero-order valence-corrected chi connectivity index (χ0v) is 16.3. The van der Waals surface area contributed by atoms with Gasteiger partial charge in [0.1, 0.15) is 17.1 Å². The number of hydrogen-bond acceptors (Lipinski definition) is 7. The third-order valence-corrected chi connectivity index (χ3v) is 4.76. The largest absolute Gasteiger partial charge is 0.496 e. The summed E-state index contributed by atoms with van der Waals surface area (Å²) in [5.41, 5.74) is 0.283. The normalized spacial score (nSPS) is 10.6. The molecule has 0 spiro atoms. The predicted octanol–water partition coefficient (Wildman–Crippen LogP) is 3.89. The molecule has 0 bridgehead atoms. The summed E-state index contributed by atoms with van der Waals surface area (Å²) in [7, 11) is 3.01. The van der Waals surface area contributed by atoms with Crippen molar-refractivity contribution in [1.29, 1.82) is 0 Å². The Kier molecular flexibility index (Phi) is 6.08. The Morgan fingerprint density at radius 1 is 1.15 bits per heavy atom. The van der Waals surface area contributed by atoms with Crippen LogP contribution >= 0.6 is 11.3 Å². The number of nitrogens with zero attached hydrogens (tertiary/aromatic N) is 3. The quantitative estimate of drug-likeness (QED) is 0.546. The number of hydrogen-bond donors (Lipinski definition) is 0. The topological polar surface area (TPSA) is 75.5 Å². The van der Waals surface area contributed by atoms with Crippen molar-refractivity contribution in [3.05, 3.63) is 41.3 Å². The lowest BCUT2D eigenvalue weighted by molar-refractivity contribution is 0.0938. The number of unbranched alkanes of at least 4 members (excludes halogenated alkanes) is 1. The molecule has 0 aliphatic heterocycles. The Bertz CT molecular complexity index is 884. The molecule has 0 fully saturated rings. The highest BCUT2D eigenvalue weighted by Crippen LogP contribution is 2.31. The molecule has 2 aromatic heterocycles. The summed E-state index contributed by atoms with van der Waals surface area (Å²) in [6, 6.07) is 9.12. The molecule has 0 atom stereocenters. The molecule has 3 aromatic rings. The van der Waals surface area contributed by atoms with Gasteiger partial charge in [0, 0.05) is 0 Å². The summed E-state index contributed by atoms with van der Waals surface area (Å²) in [5, 5.41) is 6.21. The highest BCUT2D eigenvalue weighted by Gasteiger charge is 2.26. The fourth-order valence-corrected chi connectivity index (χ4v) is 3.24. The molecule has 8 heteroatoms. The van der Waals surface area contributed by atoms with E-state index in [2.05, 4.69) is 17.0 Å². The van der Waals surface area contributed by atoms with Gasteiger partial charge in [-0.3, -0.25) is 4.79 Å². The van der Waals surface area contributed by atoms with Gasteiger partial charge in [-0.15, -0.1) is 16.4 Å². The molecule has 0 aliphatic rings. The van der Waals surface area contributed by atoms with Crippen LogP contribution in [0.15, 0.2) is 35.7 Å². The van der Waals surface area contributed by atoms with Gasteiger partial charge in [-0.1, -0.05) is 25.5 Å². The van der Waals surface area contributed by atoms with Gasteiger partial charge in [0.15, 0.2) is 5.82 Å². The molecule has 0 aliphatic carbocycles. The van der Waals surface area contributed by atoms with Gasteiger partial charge in [0.2, 0.25) is 0 Å². The molecule has 0 unspecified atom stereocenters. The summed E-state index contributed by atoms with van der Waals surface area (Å²) >= 11 is 1.47. The van der Waals surface area contributed by atoms with E-state index >= 15 is 0 Å². The van der Waals surface area contributed by atoms with Crippen molar-refractivity contribution in [2.45, 2.75) is 19.8 Å². The first-order chi connectivity index (χ1) is 13.2. The smallest absolute Gasteiger partial charge is 0.336 e. The van der Waals surface area contributed by atoms with E-state index < -0.39 is 5.91 Å². The molecule has 27 heavy (non-hydrogen) atoms. The lowest BCUT2D eigenvalue weighted by Gasteiger charge is -2.12. The lowest BCUT2D eigenvalue weighted by Crippen LogP contribution is -2.17. The van der Waals surface area contributed by atoms with Gasteiger partial charge in [0.25, 0.3) is 5.91 Å². The Hall–Kier alpha value is -2.87. The first-order valence-corrected chi connectivity index (χ1v) is 9.47. The second-order valence-electron chi connectivity index (χ2n) is 5.65. The molecule has 0 amide bonds. The van der Waals surface area contributed by atoms with E-state index in [1.165, 1.54) is 30.2 Å². The van der Waals surface area contributed by atoms with Gasteiger partial charge in [-0.05, 0) is 30.0 Å². The van der Waals surface area contributed by atoms with Crippen LogP contribution in [0.3, 0.4) is 0 Å². The molecular formula is C19H21N3O4S. The van der Waals surface area contributed by atoms with Gasteiger partial charge in [-0.25, -0.2) is 0 Å². The molecule has 1 aromatic carbocycles. The first-order valence-electron chi connectivity index (χ1n) is 8.59. The van der Waals surface area contributed by atoms with Crippen LogP contribution in [-0.2, 0) is 0 Å². The zero-order chi connectivity index (χ0) is 19.2. The van der Waals surface area contributed by atoms with Crippen molar-refractivity contribution < 1.29 is 19.0 Å². The predicted molar refractivity (Wildman–Crippen MR) is 103 cm³/mol. The van der Waals surface area contributed by atoms with Crippen LogP contribution in [0.4, 0.5) is 0 Å². The third kappa shape index (κ3) is 3.95. The fraction of sp³-hybridized carbons (Fsp3) is 0.316. The van der Waals surface area contributed by atoms with Crippen LogP contribution in [0.1, 0.15) is 30.1 Å². The average Bonchev–Trinajstić information content (AvgIpc) is 3.36. The summed E-state index contributed by atoms with van der Waals surface area (Å²) in [6.45, 7) is 2.57. The standard InChI is InChI=1S/C19H21N3O4S/c1-4-5-11-26-19-20-17(15-10-7-12-27-15)22(21-19)18(23)16-13(24-2)8-6-9-14(16)25-3/h6-10,12H,4-5,11H2,1-3H3. The zero-order valence-electron chi connectivity index (χ0n) is 15.5. The number of thiophene rings is 1. The third-order valence-electron chi connectivity index (χ3n) is 3.89. The maximum atomic E-state index is 13.3. The summed E-state index contributed by atoms with van der Waals surface area (Å²) < 4.78 is 17.6. The number of benzene rings is 1. The molecular weight excluding hydrogens is 366 g/mol. The highest BCUT2D eigenvalue weighted by molar-refractivity contribution is 7.13. The first kappa shape index (κ1) is 18.9. The minimum atomic E-state index is -0.398. The van der Waals surface area contributed by atoms with E-state index in [9.17, 15) is 4.79 Å². The second kappa shape index (κ2) is 8.68. The number of methoxy groups -OCH3 is 2. The van der Waals surface area contributed by atoms with Crippen molar-refractivity contribution in [1.82, 2.24) is 14.8 Å². The van der Waals surface area contributed by atoms with Crippen LogP contribution in [0.5, 0.6) is 17.5 Å². The SMILES string of the molecule is CCCCOc1nc(-c2cccs2)n(C(=O)c2c(OC)cccc2OC)n1. The minimum Gasteiger partial charge on any atom is -0.496 e. The van der Waals surface area contributed by atoms with Crippen molar-refractivity contribution in [2.24, 2.45) is 0 Å². The maximum Gasteiger partial charge on any atom is 0.336 e. The van der Waals surface area contributed by atoms with E-state index in [-0.39, 0.29) is 11.6 Å². The van der Waals surface area contributed by atoms with Gasteiger partial charge < -0.3 is 14.2 Å². The number of carbonyl (C=O) groups is 1. The Morgan fingerprint density at radius 3 is 2.48 bits per heavy atom. The molecule has 0 saturated carbocycles. The summed E-state index contributed by atoms with van der Waals surface area (Å²) in [6.07, 6.45) is 1.88. The van der Waals surface area contributed by atoms with Crippen LogP contribution in [0.25, 0.3) is 10.7 Å². The van der Waals surface area contributed by atoms with Crippen molar-refractivity contribution in [3.8, 4) is 28.2 Å². The number of aromatic nitrogens is 3. The van der Waals surface area contributed by atoms with Crippen molar-refractivity contribution >= 4 is 17.2 Å². The van der Waals surface area contributed by atoms with Crippen LogP contribution < -0.4 is 14.2 Å². The highest BCUT2D eigenvalue weighted by atomic mass is 32.1. The maximum absolute atomic E-state index is 13.3. The van der Waals surface area contributed by atoms with Gasteiger partial charge >= 0.3 is 6.01 Å². The Labute approximate surface area is 161 Å². The van der Waals surface area contributed by atoms with Crippen molar-refractivity contribution in [3.63, 3.8) is 0 Å². The minimum absolute atomic E-state index is 0.175. The van der Waals surface area contributed by atoms with Crippen LogP contribution in [0.2, 0.25) is 0 Å². The second-order valence-corrected chi connectivity index (χ2v) is 6.60. The van der Waals surface area contributed by atoms with E-state index in [0.29, 0.717) is 23.9 Å². The number of rotatable bonds is 8. The average molecular weight is 387 g/mol. The Balaban J connectivity index is 2.06. The summed E-state index contributed by atoms with van der Waals surface area (Å²) in [4.78, 5) is 18.5. The lowest BCUT2D eigenvalue weighted by atomic mass is 10.1. The molecule has 0 radical (unpaired) electrons. The van der Waals surface area contributed by atoms with E-state index in [0.717, 1.165) is 17.7 Å². The van der Waals surface area contributed by atoms with Crippen molar-refractivity contribution in [2.75, 3.05) is 20.8 Å². The molecule has 0 saturated heterocycles. The van der Waals surface area contributed by atoms with Crippen LogP contribution in [0, 0.1) is 0 Å². The molecule has 0 N–H and O–H groups in total. The molecule has 142 valence electrons. The van der Waals surface area contributed by atoms with Gasteiger partial charge in [0.05, 0.1) is 25.7 Å². The van der Waals surface area contributed by atoms with E-state index in [4.69, 9.17) is 14.2 Å². The fourth-order valence-electron chi connectivity index (χ4n) is 2.54. The molecule has 2 heterocycles. The number of carbonyl (C=O) groups excluding carboxylic acids is 1. The Morgan fingerprint density at radius 2 is 1.89 bits per heavy atom. The summed E-state index contributed by atoms with van der Waals surface area (Å²) in [5.74, 6) is 0.834. The van der Waals surface area contributed by atoms with Crippen LogP contribution in [-0.4, -0.2) is 41.5 Å². The monoisotopic (exact) mass is 387 g/mol. The van der Waals surface area contributed by atoms with E-state index in [1.807, 2.05) is 17.5 Å². The molecule has 7 nitrogen and oxygen atoms in total. The molecule has 3 rings (SSSR count).